The Bertz CT molecular complexity index is 952. The first-order valence-corrected chi connectivity index (χ1v) is 8.02. The van der Waals surface area contributed by atoms with Crippen LogP contribution in [0, 0.1) is 5.82 Å². The summed E-state index contributed by atoms with van der Waals surface area (Å²) in [4.78, 5) is 16.6. The molecule has 0 spiro atoms. The third-order valence-electron chi connectivity index (χ3n) is 4.01. The van der Waals surface area contributed by atoms with Gasteiger partial charge >= 0.3 is 0 Å². The summed E-state index contributed by atoms with van der Waals surface area (Å²) in [6.07, 6.45) is 1.55. The van der Waals surface area contributed by atoms with E-state index in [4.69, 9.17) is 13.9 Å². The van der Waals surface area contributed by atoms with Crippen molar-refractivity contribution in [3.05, 3.63) is 65.9 Å². The number of benzene rings is 2. The van der Waals surface area contributed by atoms with E-state index in [1.807, 2.05) is 0 Å². The van der Waals surface area contributed by atoms with Crippen LogP contribution in [0.3, 0.4) is 0 Å². The number of aromatic nitrogens is 1. The van der Waals surface area contributed by atoms with Gasteiger partial charge < -0.3 is 19.2 Å². The number of halogens is 1. The molecule has 0 bridgehead atoms. The molecule has 1 aromatic heterocycles. The second kappa shape index (κ2) is 6.51. The lowest BCUT2D eigenvalue weighted by Crippen LogP contribution is -2.26. The van der Waals surface area contributed by atoms with E-state index in [2.05, 4.69) is 10.3 Å². The molecule has 1 unspecified atom stereocenters. The second-order valence-electron chi connectivity index (χ2n) is 5.83. The lowest BCUT2D eigenvalue weighted by Gasteiger charge is -2.11. The quantitative estimate of drug-likeness (QED) is 0.773. The van der Waals surface area contributed by atoms with Crippen LogP contribution >= 0.6 is 0 Å². The van der Waals surface area contributed by atoms with Gasteiger partial charge in [0.15, 0.2) is 17.3 Å². The van der Waals surface area contributed by atoms with Gasteiger partial charge in [0.1, 0.15) is 11.9 Å². The summed E-state index contributed by atoms with van der Waals surface area (Å²) in [7, 11) is 0. The van der Waals surface area contributed by atoms with Crippen molar-refractivity contribution in [2.24, 2.45) is 0 Å². The minimum atomic E-state index is -0.442. The highest BCUT2D eigenvalue weighted by atomic mass is 19.1. The first kappa shape index (κ1) is 16.1. The molecule has 0 radical (unpaired) electrons. The predicted molar refractivity (Wildman–Crippen MR) is 90.3 cm³/mol. The normalized spacial score (nSPS) is 13.5. The van der Waals surface area contributed by atoms with Crippen molar-refractivity contribution in [3.63, 3.8) is 0 Å². The van der Waals surface area contributed by atoms with Crippen molar-refractivity contribution in [1.29, 1.82) is 0 Å². The van der Waals surface area contributed by atoms with Gasteiger partial charge in [-0.25, -0.2) is 9.37 Å². The average molecular weight is 354 g/mol. The number of ether oxygens (including phenoxy) is 2. The summed E-state index contributed by atoms with van der Waals surface area (Å²) in [6, 6.07) is 10.5. The van der Waals surface area contributed by atoms with Crippen LogP contribution in [0.5, 0.6) is 11.5 Å². The largest absolute Gasteiger partial charge is 0.454 e. The summed E-state index contributed by atoms with van der Waals surface area (Å²) >= 11 is 0. The molecule has 1 atom stereocenters. The van der Waals surface area contributed by atoms with Gasteiger partial charge in [0.05, 0.1) is 6.20 Å². The van der Waals surface area contributed by atoms with Crippen molar-refractivity contribution in [2.45, 2.75) is 13.0 Å². The van der Waals surface area contributed by atoms with Crippen molar-refractivity contribution in [3.8, 4) is 22.8 Å². The Morgan fingerprint density at radius 2 is 1.92 bits per heavy atom. The zero-order chi connectivity index (χ0) is 18.1. The van der Waals surface area contributed by atoms with E-state index in [1.165, 1.54) is 12.1 Å². The number of hydrogen-bond donors (Lipinski definition) is 1. The number of oxazole rings is 1. The molecule has 0 saturated heterocycles. The Hall–Kier alpha value is -3.35. The first-order valence-electron chi connectivity index (χ1n) is 8.02. The van der Waals surface area contributed by atoms with E-state index in [-0.39, 0.29) is 18.5 Å². The molecule has 0 aliphatic carbocycles. The van der Waals surface area contributed by atoms with Gasteiger partial charge in [-0.3, -0.25) is 4.79 Å². The van der Waals surface area contributed by atoms with E-state index in [0.29, 0.717) is 34.3 Å². The van der Waals surface area contributed by atoms with Crippen LogP contribution in [0.2, 0.25) is 0 Å². The zero-order valence-electron chi connectivity index (χ0n) is 13.9. The van der Waals surface area contributed by atoms with Crippen LogP contribution in [0.15, 0.2) is 53.1 Å². The first-order chi connectivity index (χ1) is 12.6. The van der Waals surface area contributed by atoms with Gasteiger partial charge in [-0.2, -0.15) is 0 Å². The molecule has 0 saturated carbocycles. The van der Waals surface area contributed by atoms with E-state index >= 15 is 0 Å². The zero-order valence-corrected chi connectivity index (χ0v) is 13.9. The Kier molecular flexibility index (Phi) is 4.04. The topological polar surface area (TPSA) is 73.6 Å². The van der Waals surface area contributed by atoms with E-state index in [0.717, 1.165) is 0 Å². The van der Waals surface area contributed by atoms with Crippen molar-refractivity contribution in [2.75, 3.05) is 6.79 Å². The van der Waals surface area contributed by atoms with Crippen LogP contribution in [0.4, 0.5) is 4.39 Å². The maximum absolute atomic E-state index is 13.0. The van der Waals surface area contributed by atoms with Gasteiger partial charge in [0.2, 0.25) is 12.7 Å². The van der Waals surface area contributed by atoms with Gasteiger partial charge in [0, 0.05) is 11.1 Å². The number of carbonyl (C=O) groups excluding carboxylic acids is 1. The standard InChI is InChI=1S/C19H15FN2O4/c1-11(19-21-9-17(26-19)12-2-5-14(20)6-3-12)22-18(23)13-4-7-15-16(8-13)25-10-24-15/h2-9,11H,10H2,1H3,(H,22,23). The van der Waals surface area contributed by atoms with E-state index in [9.17, 15) is 9.18 Å². The summed E-state index contributed by atoms with van der Waals surface area (Å²) in [6.45, 7) is 1.92. The fraction of sp³-hybridized carbons (Fsp3) is 0.158. The Morgan fingerprint density at radius 1 is 1.15 bits per heavy atom. The van der Waals surface area contributed by atoms with Gasteiger partial charge in [-0.05, 0) is 49.4 Å². The molecule has 1 aliphatic heterocycles. The van der Waals surface area contributed by atoms with Crippen LogP contribution < -0.4 is 14.8 Å². The molecule has 7 heteroatoms. The Labute approximate surface area is 148 Å². The number of hydrogen-bond acceptors (Lipinski definition) is 5. The fourth-order valence-electron chi connectivity index (χ4n) is 2.61. The van der Waals surface area contributed by atoms with Gasteiger partial charge in [-0.15, -0.1) is 0 Å². The number of carbonyl (C=O) groups is 1. The molecule has 3 aromatic rings. The molecule has 1 amide bonds. The maximum atomic E-state index is 13.0. The lowest BCUT2D eigenvalue weighted by molar-refractivity contribution is 0.0934. The molecule has 1 aliphatic rings. The molecule has 2 heterocycles. The Morgan fingerprint density at radius 3 is 2.73 bits per heavy atom. The number of rotatable bonds is 4. The molecule has 6 nitrogen and oxygen atoms in total. The molecule has 0 fully saturated rings. The fourth-order valence-corrected chi connectivity index (χ4v) is 2.61. The monoisotopic (exact) mass is 354 g/mol. The summed E-state index contributed by atoms with van der Waals surface area (Å²) in [5.41, 5.74) is 1.16. The summed E-state index contributed by atoms with van der Waals surface area (Å²) in [5, 5.41) is 2.83. The van der Waals surface area contributed by atoms with Crippen LogP contribution in [-0.2, 0) is 0 Å². The van der Waals surface area contributed by atoms with Crippen molar-refractivity contribution >= 4 is 5.91 Å². The average Bonchev–Trinajstić information content (AvgIpc) is 3.31. The minimum Gasteiger partial charge on any atom is -0.454 e. The number of nitrogens with zero attached hydrogens (tertiary/aromatic N) is 1. The summed E-state index contributed by atoms with van der Waals surface area (Å²) in [5.74, 6) is 1.42. The number of nitrogens with one attached hydrogen (secondary N) is 1. The Balaban J connectivity index is 1.47. The van der Waals surface area contributed by atoms with Crippen molar-refractivity contribution in [1.82, 2.24) is 10.3 Å². The lowest BCUT2D eigenvalue weighted by atomic mass is 10.1. The maximum Gasteiger partial charge on any atom is 0.252 e. The van der Waals surface area contributed by atoms with Gasteiger partial charge in [0.25, 0.3) is 5.91 Å². The van der Waals surface area contributed by atoms with Crippen molar-refractivity contribution < 1.29 is 23.1 Å². The highest BCUT2D eigenvalue weighted by Crippen LogP contribution is 2.32. The van der Waals surface area contributed by atoms with Crippen LogP contribution in [0.1, 0.15) is 29.2 Å². The van der Waals surface area contributed by atoms with Gasteiger partial charge in [-0.1, -0.05) is 0 Å². The number of amides is 1. The minimum absolute atomic E-state index is 0.152. The second-order valence-corrected chi connectivity index (χ2v) is 5.83. The third-order valence-corrected chi connectivity index (χ3v) is 4.01. The molecule has 132 valence electrons. The van der Waals surface area contributed by atoms with Crippen LogP contribution in [-0.4, -0.2) is 17.7 Å². The molecule has 2 aromatic carbocycles. The number of fused-ring (bicyclic) bond motifs is 1. The SMILES string of the molecule is CC(NC(=O)c1ccc2c(c1)OCO2)c1ncc(-c2ccc(F)cc2)o1. The van der Waals surface area contributed by atoms with E-state index < -0.39 is 6.04 Å². The van der Waals surface area contributed by atoms with Crippen LogP contribution in [0.25, 0.3) is 11.3 Å². The smallest absolute Gasteiger partial charge is 0.252 e. The molecule has 4 rings (SSSR count). The molecular weight excluding hydrogens is 339 g/mol. The predicted octanol–water partition coefficient (Wildman–Crippen LogP) is 3.70. The molecule has 26 heavy (non-hydrogen) atoms. The third kappa shape index (κ3) is 3.11. The molecule has 1 N–H and O–H groups in total. The van der Waals surface area contributed by atoms with E-state index in [1.54, 1.807) is 43.5 Å². The highest BCUT2D eigenvalue weighted by Gasteiger charge is 2.20. The highest BCUT2D eigenvalue weighted by molar-refractivity contribution is 5.95. The molecular formula is C19H15FN2O4. The summed E-state index contributed by atoms with van der Waals surface area (Å²) < 4.78 is 29.2.